The Bertz CT molecular complexity index is 654. The van der Waals surface area contributed by atoms with Crippen LogP contribution < -0.4 is 4.90 Å². The van der Waals surface area contributed by atoms with Crippen molar-refractivity contribution in [3.8, 4) is 0 Å². The maximum absolute atomic E-state index is 11.4. The second-order valence-corrected chi connectivity index (χ2v) is 5.92. The topological polar surface area (TPSA) is 96.2 Å². The Balaban J connectivity index is 2.17. The molecular formula is C17H23N3O5. The van der Waals surface area contributed by atoms with Crippen LogP contribution in [-0.2, 0) is 9.53 Å². The largest absolute Gasteiger partial charge is 0.466 e. The number of aliphatic hydroxyl groups excluding tert-OH is 1. The molecule has 1 aromatic rings. The van der Waals surface area contributed by atoms with Gasteiger partial charge in [-0.05, 0) is 24.6 Å². The number of methoxy groups -OCH3 is 1. The zero-order chi connectivity index (χ0) is 18.4. The van der Waals surface area contributed by atoms with Gasteiger partial charge in [0.1, 0.15) is 5.69 Å². The van der Waals surface area contributed by atoms with Crippen LogP contribution in [0.5, 0.6) is 0 Å². The number of anilines is 1. The molecule has 0 radical (unpaired) electrons. The number of rotatable bonds is 6. The lowest BCUT2D eigenvalue weighted by Crippen LogP contribution is -2.50. The van der Waals surface area contributed by atoms with Gasteiger partial charge >= 0.3 is 5.97 Å². The molecule has 0 spiro atoms. The third kappa shape index (κ3) is 4.77. The molecular weight excluding hydrogens is 326 g/mol. The van der Waals surface area contributed by atoms with Crippen molar-refractivity contribution in [3.05, 3.63) is 40.0 Å². The molecule has 8 heteroatoms. The van der Waals surface area contributed by atoms with Crippen LogP contribution in [-0.4, -0.2) is 66.8 Å². The first-order chi connectivity index (χ1) is 12.0. The van der Waals surface area contributed by atoms with E-state index in [0.29, 0.717) is 24.3 Å². The summed E-state index contributed by atoms with van der Waals surface area (Å²) in [6, 6.07) is 4.99. The summed E-state index contributed by atoms with van der Waals surface area (Å²) in [5.41, 5.74) is 1.14. The van der Waals surface area contributed by atoms with Gasteiger partial charge in [-0.25, -0.2) is 4.79 Å². The monoisotopic (exact) mass is 349 g/mol. The molecule has 136 valence electrons. The van der Waals surface area contributed by atoms with E-state index in [1.807, 2.05) is 11.8 Å². The van der Waals surface area contributed by atoms with Gasteiger partial charge in [0.15, 0.2) is 0 Å². The molecule has 0 unspecified atom stereocenters. The Morgan fingerprint density at radius 2 is 2.08 bits per heavy atom. The van der Waals surface area contributed by atoms with Crippen molar-refractivity contribution in [3.63, 3.8) is 0 Å². The van der Waals surface area contributed by atoms with Crippen LogP contribution >= 0.6 is 0 Å². The number of carbonyl (C=O) groups excluding carboxylic acids is 1. The van der Waals surface area contributed by atoms with Gasteiger partial charge in [-0.15, -0.1) is 0 Å². The molecule has 1 heterocycles. The highest BCUT2D eigenvalue weighted by Crippen LogP contribution is 2.30. The van der Waals surface area contributed by atoms with E-state index in [1.54, 1.807) is 12.1 Å². The standard InChI is InChI=1S/C17H23N3O5/c1-13(12-21)18-7-9-19(10-8-18)15-5-3-14(4-6-17(22)25-2)11-16(15)20(23)24/h3-6,11,13,21H,7-10,12H2,1-2H3/b6-4-/t13-/m0/s1. The Kier molecular flexibility index (Phi) is 6.49. The highest BCUT2D eigenvalue weighted by Gasteiger charge is 2.25. The van der Waals surface area contributed by atoms with Gasteiger partial charge < -0.3 is 14.7 Å². The van der Waals surface area contributed by atoms with E-state index in [0.717, 1.165) is 13.1 Å². The molecule has 8 nitrogen and oxygen atoms in total. The van der Waals surface area contributed by atoms with E-state index in [4.69, 9.17) is 0 Å². The number of hydrogen-bond acceptors (Lipinski definition) is 7. The van der Waals surface area contributed by atoms with Crippen molar-refractivity contribution in [2.45, 2.75) is 13.0 Å². The van der Waals surface area contributed by atoms with Crippen molar-refractivity contribution in [1.82, 2.24) is 4.90 Å². The van der Waals surface area contributed by atoms with E-state index in [1.165, 1.54) is 25.3 Å². The first-order valence-corrected chi connectivity index (χ1v) is 8.10. The number of hydrogen-bond donors (Lipinski definition) is 1. The average Bonchev–Trinajstić information content (AvgIpc) is 2.65. The molecule has 0 aromatic heterocycles. The molecule has 1 aliphatic rings. The van der Waals surface area contributed by atoms with Gasteiger partial charge in [0.2, 0.25) is 0 Å². The Labute approximate surface area is 146 Å². The zero-order valence-electron chi connectivity index (χ0n) is 14.4. The summed E-state index contributed by atoms with van der Waals surface area (Å²) in [6.45, 7) is 4.85. The highest BCUT2D eigenvalue weighted by molar-refractivity contribution is 5.87. The van der Waals surface area contributed by atoms with E-state index in [2.05, 4.69) is 9.64 Å². The number of benzene rings is 1. The number of aliphatic hydroxyl groups is 1. The molecule has 0 saturated carbocycles. The van der Waals surface area contributed by atoms with Gasteiger partial charge in [0.25, 0.3) is 5.69 Å². The molecule has 1 atom stereocenters. The summed E-state index contributed by atoms with van der Waals surface area (Å²) in [5, 5.41) is 20.7. The van der Waals surface area contributed by atoms with Crippen LogP contribution in [0, 0.1) is 10.1 Å². The Morgan fingerprint density at radius 3 is 2.64 bits per heavy atom. The second kappa shape index (κ2) is 8.59. The average molecular weight is 349 g/mol. The molecule has 0 aliphatic carbocycles. The number of ether oxygens (including phenoxy) is 1. The molecule has 1 aliphatic heterocycles. The fraction of sp³-hybridized carbons (Fsp3) is 0.471. The summed E-state index contributed by atoms with van der Waals surface area (Å²) in [7, 11) is 1.27. The maximum Gasteiger partial charge on any atom is 0.330 e. The quantitative estimate of drug-likeness (QED) is 0.358. The molecule has 2 rings (SSSR count). The second-order valence-electron chi connectivity index (χ2n) is 5.92. The third-order valence-corrected chi connectivity index (χ3v) is 4.35. The zero-order valence-corrected chi connectivity index (χ0v) is 14.4. The van der Waals surface area contributed by atoms with Gasteiger partial charge in [-0.2, -0.15) is 0 Å². The number of esters is 1. The molecule has 1 saturated heterocycles. The number of nitro groups is 1. The lowest BCUT2D eigenvalue weighted by molar-refractivity contribution is -0.384. The Hall–Kier alpha value is -2.45. The first-order valence-electron chi connectivity index (χ1n) is 8.10. The fourth-order valence-corrected chi connectivity index (χ4v) is 2.81. The highest BCUT2D eigenvalue weighted by atomic mass is 16.6. The van der Waals surface area contributed by atoms with Crippen molar-refractivity contribution in [2.24, 2.45) is 0 Å². The van der Waals surface area contributed by atoms with Crippen LogP contribution in [0.25, 0.3) is 6.08 Å². The number of nitrogens with zero attached hydrogens (tertiary/aromatic N) is 3. The van der Waals surface area contributed by atoms with Crippen LogP contribution in [0.2, 0.25) is 0 Å². The van der Waals surface area contributed by atoms with E-state index < -0.39 is 10.9 Å². The van der Waals surface area contributed by atoms with Gasteiger partial charge in [-0.3, -0.25) is 15.0 Å². The molecule has 1 N–H and O–H groups in total. The molecule has 0 bridgehead atoms. The van der Waals surface area contributed by atoms with Crippen LogP contribution in [0.3, 0.4) is 0 Å². The van der Waals surface area contributed by atoms with Crippen molar-refractivity contribution in [2.75, 3.05) is 44.8 Å². The van der Waals surface area contributed by atoms with E-state index >= 15 is 0 Å². The maximum atomic E-state index is 11.4. The first kappa shape index (κ1) is 18.9. The smallest absolute Gasteiger partial charge is 0.330 e. The lowest BCUT2D eigenvalue weighted by atomic mass is 10.1. The van der Waals surface area contributed by atoms with E-state index in [9.17, 15) is 20.0 Å². The molecule has 25 heavy (non-hydrogen) atoms. The third-order valence-electron chi connectivity index (χ3n) is 4.35. The predicted octanol–water partition coefficient (Wildman–Crippen LogP) is 1.28. The van der Waals surface area contributed by atoms with E-state index in [-0.39, 0.29) is 18.3 Å². The molecule has 1 aromatic carbocycles. The van der Waals surface area contributed by atoms with Gasteiger partial charge in [0, 0.05) is 44.4 Å². The molecule has 0 amide bonds. The molecule has 1 fully saturated rings. The van der Waals surface area contributed by atoms with Gasteiger partial charge in [0.05, 0.1) is 18.6 Å². The van der Waals surface area contributed by atoms with Crippen LogP contribution in [0.4, 0.5) is 11.4 Å². The normalized spacial score (nSPS) is 16.8. The Morgan fingerprint density at radius 1 is 1.40 bits per heavy atom. The van der Waals surface area contributed by atoms with Gasteiger partial charge in [-0.1, -0.05) is 6.07 Å². The predicted molar refractivity (Wildman–Crippen MR) is 94.5 cm³/mol. The van der Waals surface area contributed by atoms with Crippen molar-refractivity contribution < 1.29 is 19.6 Å². The minimum absolute atomic E-state index is 0.00988. The summed E-state index contributed by atoms with van der Waals surface area (Å²) < 4.78 is 4.52. The number of carbonyl (C=O) groups is 1. The fourth-order valence-electron chi connectivity index (χ4n) is 2.81. The minimum Gasteiger partial charge on any atom is -0.466 e. The van der Waals surface area contributed by atoms with Crippen LogP contribution in [0.15, 0.2) is 24.3 Å². The minimum atomic E-state index is -0.513. The van der Waals surface area contributed by atoms with Crippen molar-refractivity contribution >= 4 is 23.4 Å². The summed E-state index contributed by atoms with van der Waals surface area (Å²) in [5.74, 6) is -0.513. The van der Waals surface area contributed by atoms with Crippen molar-refractivity contribution in [1.29, 1.82) is 0 Å². The number of nitro benzene ring substituents is 1. The summed E-state index contributed by atoms with van der Waals surface area (Å²) in [6.07, 6.45) is 2.72. The SMILES string of the molecule is COC(=O)/C=C\c1ccc(N2CCN([C@@H](C)CO)CC2)c([N+](=O)[O-])c1. The summed E-state index contributed by atoms with van der Waals surface area (Å²) >= 11 is 0. The van der Waals surface area contributed by atoms with Crippen LogP contribution in [0.1, 0.15) is 12.5 Å². The number of piperazine rings is 1. The lowest BCUT2D eigenvalue weighted by Gasteiger charge is -2.38. The summed E-state index contributed by atoms with van der Waals surface area (Å²) in [4.78, 5) is 26.3.